The topological polar surface area (TPSA) is 40.5 Å². The average molecular weight is 248 g/mol. The van der Waals surface area contributed by atoms with Crippen LogP contribution in [0.15, 0.2) is 0 Å². The Bertz CT molecular complexity index is 96.2. The number of alkyl halides is 6. The van der Waals surface area contributed by atoms with Gasteiger partial charge in [0.25, 0.3) is 0 Å². The normalized spacial score (nSPS) is 11.1. The predicted molar refractivity (Wildman–Crippen MR) is 26.3 cm³/mol. The predicted octanol–water partition coefficient (Wildman–Crippen LogP) is 1.08. The molecule has 0 aliphatic rings. The molecule has 0 amide bonds. The van der Waals surface area contributed by atoms with Gasteiger partial charge in [-0.3, -0.25) is 0 Å². The first kappa shape index (κ1) is 18.9. The molecule has 0 atom stereocenters. The van der Waals surface area contributed by atoms with Crippen molar-refractivity contribution in [1.29, 1.82) is 0 Å². The minimum absolute atomic E-state index is 0. The summed E-state index contributed by atoms with van der Waals surface area (Å²) in [4.78, 5) is 0. The molecule has 0 unspecified atom stereocenters. The van der Waals surface area contributed by atoms with E-state index in [1.807, 2.05) is 0 Å². The zero-order valence-electron chi connectivity index (χ0n) is 6.08. The SMILES string of the molecule is OCC(F)(F)F.OCC(F)(F)F.[Ti]. The molecule has 2 N–H and O–H groups in total. The summed E-state index contributed by atoms with van der Waals surface area (Å²) in [6.07, 6.45) is -8.81. The zero-order valence-corrected chi connectivity index (χ0v) is 7.64. The molecule has 2 nitrogen and oxygen atoms in total. The van der Waals surface area contributed by atoms with Crippen LogP contribution in [0.1, 0.15) is 0 Å². The molecule has 0 bridgehead atoms. The number of hydrogen-bond donors (Lipinski definition) is 2. The van der Waals surface area contributed by atoms with Crippen LogP contribution in [0.3, 0.4) is 0 Å². The largest absolute Gasteiger partial charge is 0.411 e. The van der Waals surface area contributed by atoms with Crippen molar-refractivity contribution in [3.05, 3.63) is 0 Å². The van der Waals surface area contributed by atoms with Crippen LogP contribution in [0.25, 0.3) is 0 Å². The van der Waals surface area contributed by atoms with Crippen LogP contribution in [0.2, 0.25) is 0 Å². The smallest absolute Gasteiger partial charge is 0.387 e. The molecular formula is C4H6F6O2Ti. The van der Waals surface area contributed by atoms with Crippen molar-refractivity contribution in [1.82, 2.24) is 0 Å². The van der Waals surface area contributed by atoms with E-state index in [0.717, 1.165) is 0 Å². The van der Waals surface area contributed by atoms with Crippen LogP contribution in [-0.2, 0) is 21.7 Å². The Labute approximate surface area is 84.4 Å². The minimum atomic E-state index is -4.40. The molecular weight excluding hydrogens is 242 g/mol. The number of rotatable bonds is 0. The van der Waals surface area contributed by atoms with Crippen molar-refractivity contribution in [3.63, 3.8) is 0 Å². The number of aliphatic hydroxyl groups is 2. The first-order valence-electron chi connectivity index (χ1n) is 2.47. The quantitative estimate of drug-likeness (QED) is 0.497. The van der Waals surface area contributed by atoms with Crippen LogP contribution in [0.5, 0.6) is 0 Å². The fourth-order valence-corrected chi connectivity index (χ4v) is 0. The van der Waals surface area contributed by atoms with Crippen LogP contribution >= 0.6 is 0 Å². The molecule has 0 fully saturated rings. The van der Waals surface area contributed by atoms with Gasteiger partial charge in [0, 0.05) is 21.7 Å². The van der Waals surface area contributed by atoms with E-state index < -0.39 is 25.6 Å². The van der Waals surface area contributed by atoms with Gasteiger partial charge in [0.2, 0.25) is 0 Å². The second kappa shape index (κ2) is 7.60. The van der Waals surface area contributed by atoms with Crippen molar-refractivity contribution < 1.29 is 58.3 Å². The average Bonchev–Trinajstić information content (AvgIpc) is 1.86. The number of hydrogen-bond acceptors (Lipinski definition) is 2. The maximum atomic E-state index is 10.5. The van der Waals surface area contributed by atoms with E-state index in [-0.39, 0.29) is 21.7 Å². The summed E-state index contributed by atoms with van der Waals surface area (Å²) < 4.78 is 63.2. The van der Waals surface area contributed by atoms with E-state index in [2.05, 4.69) is 0 Å². The van der Waals surface area contributed by atoms with Crippen LogP contribution in [0.4, 0.5) is 26.3 Å². The molecule has 0 spiro atoms. The summed E-state index contributed by atoms with van der Waals surface area (Å²) in [6.45, 7) is -3.46. The summed E-state index contributed by atoms with van der Waals surface area (Å²) in [6, 6.07) is 0. The molecule has 0 aliphatic carbocycles. The van der Waals surface area contributed by atoms with Gasteiger partial charge >= 0.3 is 12.4 Å². The van der Waals surface area contributed by atoms with E-state index in [1.54, 1.807) is 0 Å². The fraction of sp³-hybridized carbons (Fsp3) is 1.00. The monoisotopic (exact) mass is 248 g/mol. The van der Waals surface area contributed by atoms with Gasteiger partial charge in [0.05, 0.1) is 0 Å². The van der Waals surface area contributed by atoms with Crippen molar-refractivity contribution in [2.75, 3.05) is 13.2 Å². The first-order chi connectivity index (χ1) is 5.12. The second-order valence-electron chi connectivity index (χ2n) is 1.55. The van der Waals surface area contributed by atoms with Crippen molar-refractivity contribution in [2.24, 2.45) is 0 Å². The summed E-state index contributed by atoms with van der Waals surface area (Å²) in [5.41, 5.74) is 0. The standard InChI is InChI=1S/2C2H3F3O.Ti/c2*3-2(4,5)1-6;/h2*6H,1H2;. The fourth-order valence-electron chi connectivity index (χ4n) is 0. The molecule has 80 valence electrons. The molecule has 0 rings (SSSR count). The van der Waals surface area contributed by atoms with Gasteiger partial charge in [-0.15, -0.1) is 0 Å². The Morgan fingerprint density at radius 2 is 0.769 bits per heavy atom. The van der Waals surface area contributed by atoms with E-state index in [1.165, 1.54) is 0 Å². The van der Waals surface area contributed by atoms with Crippen LogP contribution in [-0.4, -0.2) is 35.8 Å². The third kappa shape index (κ3) is 33.0. The molecule has 0 saturated carbocycles. The Kier molecular flexibility index (Phi) is 11.1. The Hall–Kier alpha value is 0.214. The van der Waals surface area contributed by atoms with Gasteiger partial charge in [-0.05, 0) is 0 Å². The van der Waals surface area contributed by atoms with Crippen LogP contribution in [0, 0.1) is 0 Å². The van der Waals surface area contributed by atoms with E-state index >= 15 is 0 Å². The van der Waals surface area contributed by atoms with E-state index in [4.69, 9.17) is 10.2 Å². The maximum absolute atomic E-state index is 10.5. The van der Waals surface area contributed by atoms with Gasteiger partial charge in [-0.1, -0.05) is 0 Å². The molecule has 0 aromatic heterocycles. The van der Waals surface area contributed by atoms with E-state index in [0.29, 0.717) is 0 Å². The number of aliphatic hydroxyl groups excluding tert-OH is 2. The van der Waals surface area contributed by atoms with Crippen LogP contribution < -0.4 is 0 Å². The molecule has 0 heterocycles. The third-order valence-corrected chi connectivity index (χ3v) is 0.359. The molecule has 0 aromatic carbocycles. The maximum Gasteiger partial charge on any atom is 0.411 e. The number of halogens is 6. The van der Waals surface area contributed by atoms with Gasteiger partial charge < -0.3 is 10.2 Å². The van der Waals surface area contributed by atoms with Crippen molar-refractivity contribution >= 4 is 0 Å². The third-order valence-electron chi connectivity index (χ3n) is 0.359. The molecule has 0 radical (unpaired) electrons. The first-order valence-corrected chi connectivity index (χ1v) is 2.47. The molecule has 0 saturated heterocycles. The van der Waals surface area contributed by atoms with Gasteiger partial charge in [0.1, 0.15) is 13.2 Å². The van der Waals surface area contributed by atoms with Gasteiger partial charge in [-0.25, -0.2) is 0 Å². The molecule has 13 heavy (non-hydrogen) atoms. The molecule has 0 aromatic rings. The summed E-state index contributed by atoms with van der Waals surface area (Å²) in [7, 11) is 0. The zero-order chi connectivity index (χ0) is 10.4. The minimum Gasteiger partial charge on any atom is -0.387 e. The van der Waals surface area contributed by atoms with E-state index in [9.17, 15) is 26.3 Å². The molecule has 9 heteroatoms. The Morgan fingerprint density at radius 3 is 0.769 bits per heavy atom. The summed E-state index contributed by atoms with van der Waals surface area (Å²) in [5.74, 6) is 0. The molecule has 0 aliphatic heterocycles. The Balaban J connectivity index is -0.000000143. The van der Waals surface area contributed by atoms with Crippen molar-refractivity contribution in [2.45, 2.75) is 12.4 Å². The van der Waals surface area contributed by atoms with Gasteiger partial charge in [-0.2, -0.15) is 26.3 Å². The Morgan fingerprint density at radius 1 is 0.692 bits per heavy atom. The van der Waals surface area contributed by atoms with Crippen molar-refractivity contribution in [3.8, 4) is 0 Å². The summed E-state index contributed by atoms with van der Waals surface area (Å²) in [5, 5.41) is 14.6. The van der Waals surface area contributed by atoms with Gasteiger partial charge in [0.15, 0.2) is 0 Å². The second-order valence-corrected chi connectivity index (χ2v) is 1.55. The summed E-state index contributed by atoms with van der Waals surface area (Å²) >= 11 is 0.